The fraction of sp³-hybridized carbons (Fsp3) is 0.407. The minimum absolute atomic E-state index is 0.0872. The molecule has 4 nitrogen and oxygen atoms in total. The Balaban J connectivity index is 1.82. The molecule has 0 aromatic heterocycles. The number of nitrogens with one attached hydrogen (secondary N) is 1. The van der Waals surface area contributed by atoms with Crippen LogP contribution < -0.4 is 5.32 Å². The molecule has 0 spiro atoms. The molecule has 0 saturated carbocycles. The number of hydrogen-bond donors (Lipinski definition) is 1. The highest BCUT2D eigenvalue weighted by Gasteiger charge is 2.31. The SMILES string of the molecule is CCCC(=O)N(Cc1ccc(F)cc1)C(C(=O)NCCC1=CCCCC1)c1ccccc1. The van der Waals surface area contributed by atoms with Crippen LogP contribution in [0.5, 0.6) is 0 Å². The highest BCUT2D eigenvalue weighted by atomic mass is 19.1. The highest BCUT2D eigenvalue weighted by molar-refractivity contribution is 5.88. The lowest BCUT2D eigenvalue weighted by Gasteiger charge is -2.32. The first-order valence-corrected chi connectivity index (χ1v) is 11.6. The van der Waals surface area contributed by atoms with Gasteiger partial charge in [0.05, 0.1) is 0 Å². The van der Waals surface area contributed by atoms with Crippen LogP contribution in [0.2, 0.25) is 0 Å². The molecular weight excluding hydrogens is 403 g/mol. The second kappa shape index (κ2) is 12.2. The van der Waals surface area contributed by atoms with Crippen molar-refractivity contribution in [3.8, 4) is 0 Å². The average molecular weight is 437 g/mol. The lowest BCUT2D eigenvalue weighted by atomic mass is 9.97. The molecule has 170 valence electrons. The number of carbonyl (C=O) groups is 2. The van der Waals surface area contributed by atoms with E-state index in [2.05, 4.69) is 11.4 Å². The van der Waals surface area contributed by atoms with Crippen molar-refractivity contribution in [3.63, 3.8) is 0 Å². The molecule has 0 saturated heterocycles. The van der Waals surface area contributed by atoms with Gasteiger partial charge in [0.25, 0.3) is 0 Å². The number of benzene rings is 2. The predicted molar refractivity (Wildman–Crippen MR) is 125 cm³/mol. The summed E-state index contributed by atoms with van der Waals surface area (Å²) in [6, 6.07) is 14.8. The first-order valence-electron chi connectivity index (χ1n) is 11.6. The Morgan fingerprint density at radius 3 is 2.47 bits per heavy atom. The van der Waals surface area contributed by atoms with Crippen LogP contribution >= 0.6 is 0 Å². The Morgan fingerprint density at radius 2 is 1.81 bits per heavy atom. The maximum atomic E-state index is 13.4. The molecule has 5 heteroatoms. The molecule has 2 aromatic rings. The zero-order valence-electron chi connectivity index (χ0n) is 18.9. The van der Waals surface area contributed by atoms with E-state index in [1.807, 2.05) is 37.3 Å². The van der Waals surface area contributed by atoms with Crippen LogP contribution in [0.1, 0.15) is 69.0 Å². The Hall–Kier alpha value is -2.95. The third kappa shape index (κ3) is 6.78. The zero-order valence-corrected chi connectivity index (χ0v) is 18.9. The minimum atomic E-state index is -0.736. The largest absolute Gasteiger partial charge is 0.354 e. The number of nitrogens with zero attached hydrogens (tertiary/aromatic N) is 1. The lowest BCUT2D eigenvalue weighted by molar-refractivity contribution is -0.141. The van der Waals surface area contributed by atoms with Gasteiger partial charge in [-0.1, -0.05) is 61.0 Å². The monoisotopic (exact) mass is 436 g/mol. The van der Waals surface area contributed by atoms with Gasteiger partial charge >= 0.3 is 0 Å². The average Bonchev–Trinajstić information content (AvgIpc) is 2.81. The molecule has 1 atom stereocenters. The fourth-order valence-electron chi connectivity index (χ4n) is 4.15. The lowest BCUT2D eigenvalue weighted by Crippen LogP contribution is -2.43. The summed E-state index contributed by atoms with van der Waals surface area (Å²) >= 11 is 0. The maximum absolute atomic E-state index is 13.4. The number of allylic oxidation sites excluding steroid dienone is 1. The molecule has 1 unspecified atom stereocenters. The van der Waals surface area contributed by atoms with E-state index in [9.17, 15) is 14.0 Å². The summed E-state index contributed by atoms with van der Waals surface area (Å²) in [4.78, 5) is 28.1. The summed E-state index contributed by atoms with van der Waals surface area (Å²) < 4.78 is 13.4. The van der Waals surface area contributed by atoms with E-state index in [4.69, 9.17) is 0 Å². The number of halogens is 1. The zero-order chi connectivity index (χ0) is 22.8. The molecule has 2 aromatic carbocycles. The normalized spacial score (nSPS) is 14.4. The van der Waals surface area contributed by atoms with E-state index >= 15 is 0 Å². The highest BCUT2D eigenvalue weighted by Crippen LogP contribution is 2.25. The summed E-state index contributed by atoms with van der Waals surface area (Å²) in [5.41, 5.74) is 2.96. The number of hydrogen-bond acceptors (Lipinski definition) is 2. The van der Waals surface area contributed by atoms with E-state index in [0.717, 1.165) is 30.4 Å². The summed E-state index contributed by atoms with van der Waals surface area (Å²) in [6.07, 6.45) is 8.84. The van der Waals surface area contributed by atoms with E-state index in [1.54, 1.807) is 17.0 Å². The maximum Gasteiger partial charge on any atom is 0.247 e. The smallest absolute Gasteiger partial charge is 0.247 e. The molecule has 1 aliphatic rings. The quantitative estimate of drug-likeness (QED) is 0.486. The van der Waals surface area contributed by atoms with E-state index in [1.165, 1.54) is 30.5 Å². The van der Waals surface area contributed by atoms with Crippen molar-refractivity contribution < 1.29 is 14.0 Å². The topological polar surface area (TPSA) is 49.4 Å². The predicted octanol–water partition coefficient (Wildman–Crippen LogP) is 5.70. The van der Waals surface area contributed by atoms with Crippen molar-refractivity contribution in [3.05, 3.63) is 83.2 Å². The summed E-state index contributed by atoms with van der Waals surface area (Å²) in [6.45, 7) is 2.75. The van der Waals surface area contributed by atoms with Crippen LogP contribution in [0, 0.1) is 5.82 Å². The standard InChI is InChI=1S/C27H33FN2O2/c1-2-9-25(31)30(20-22-14-16-24(28)17-15-22)26(23-12-7-4-8-13-23)27(32)29-19-18-21-10-5-3-6-11-21/h4,7-8,10,12-17,26H,2-3,5-6,9,11,18-20H2,1H3,(H,29,32). The van der Waals surface area contributed by atoms with Crippen LogP contribution in [-0.2, 0) is 16.1 Å². The molecule has 1 aliphatic carbocycles. The molecule has 2 amide bonds. The molecule has 1 N–H and O–H groups in total. The van der Waals surface area contributed by atoms with Crippen molar-refractivity contribution in [1.82, 2.24) is 10.2 Å². The number of rotatable bonds is 10. The van der Waals surface area contributed by atoms with Gasteiger partial charge in [0.15, 0.2) is 0 Å². The van der Waals surface area contributed by atoms with Crippen LogP contribution in [0.25, 0.3) is 0 Å². The van der Waals surface area contributed by atoms with Crippen molar-refractivity contribution in [2.24, 2.45) is 0 Å². The van der Waals surface area contributed by atoms with Crippen molar-refractivity contribution in [2.45, 2.75) is 64.5 Å². The van der Waals surface area contributed by atoms with Crippen LogP contribution in [0.3, 0.4) is 0 Å². The molecule has 0 aliphatic heterocycles. The van der Waals surface area contributed by atoms with Gasteiger partial charge in [-0.15, -0.1) is 0 Å². The molecule has 0 heterocycles. The molecule has 3 rings (SSSR count). The van der Waals surface area contributed by atoms with Gasteiger partial charge in [-0.25, -0.2) is 4.39 Å². The third-order valence-electron chi connectivity index (χ3n) is 5.86. The third-order valence-corrected chi connectivity index (χ3v) is 5.86. The molecule has 0 bridgehead atoms. The van der Waals surface area contributed by atoms with E-state index in [-0.39, 0.29) is 24.2 Å². The molecule has 0 radical (unpaired) electrons. The Bertz CT molecular complexity index is 909. The molecular formula is C27H33FN2O2. The Morgan fingerprint density at radius 1 is 1.06 bits per heavy atom. The molecule has 0 fully saturated rings. The fourth-order valence-corrected chi connectivity index (χ4v) is 4.15. The van der Waals surface area contributed by atoms with Crippen molar-refractivity contribution in [2.75, 3.05) is 6.54 Å². The minimum Gasteiger partial charge on any atom is -0.354 e. The van der Waals surface area contributed by atoms with E-state index < -0.39 is 6.04 Å². The summed E-state index contributed by atoms with van der Waals surface area (Å²) in [7, 11) is 0. The number of carbonyl (C=O) groups excluding carboxylic acids is 2. The van der Waals surface area contributed by atoms with Gasteiger partial charge in [-0.2, -0.15) is 0 Å². The van der Waals surface area contributed by atoms with Crippen molar-refractivity contribution >= 4 is 11.8 Å². The number of amides is 2. The molecule has 32 heavy (non-hydrogen) atoms. The Kier molecular flexibility index (Phi) is 9.02. The summed E-state index contributed by atoms with van der Waals surface area (Å²) in [5.74, 6) is -0.593. The second-order valence-electron chi connectivity index (χ2n) is 8.36. The first kappa shape index (κ1) is 23.7. The van der Waals surface area contributed by atoms with Gasteiger partial charge < -0.3 is 10.2 Å². The van der Waals surface area contributed by atoms with Gasteiger partial charge in [-0.3, -0.25) is 9.59 Å². The summed E-state index contributed by atoms with van der Waals surface area (Å²) in [5, 5.41) is 3.07. The van der Waals surface area contributed by atoms with Gasteiger partial charge in [-0.05, 0) is 61.8 Å². The Labute approximate surface area is 190 Å². The van der Waals surface area contributed by atoms with Crippen LogP contribution in [0.4, 0.5) is 4.39 Å². The van der Waals surface area contributed by atoms with Gasteiger partial charge in [0, 0.05) is 19.5 Å². The van der Waals surface area contributed by atoms with Crippen LogP contribution in [-0.4, -0.2) is 23.3 Å². The first-order chi connectivity index (χ1) is 15.6. The van der Waals surface area contributed by atoms with Gasteiger partial charge in [0.1, 0.15) is 11.9 Å². The van der Waals surface area contributed by atoms with Crippen LogP contribution in [0.15, 0.2) is 66.2 Å². The van der Waals surface area contributed by atoms with E-state index in [0.29, 0.717) is 19.4 Å². The second-order valence-corrected chi connectivity index (χ2v) is 8.36. The van der Waals surface area contributed by atoms with Crippen molar-refractivity contribution in [1.29, 1.82) is 0 Å². The van der Waals surface area contributed by atoms with Gasteiger partial charge in [0.2, 0.25) is 11.8 Å².